The Kier molecular flexibility index (Phi) is 9.84. The first kappa shape index (κ1) is 27.5. The quantitative estimate of drug-likeness (QED) is 0.198. The van der Waals surface area contributed by atoms with E-state index in [1.807, 2.05) is 0 Å². The Balaban J connectivity index is 1.45. The normalized spacial score (nSPS) is 12.4. The molecule has 3 rings (SSSR count). The predicted octanol–water partition coefficient (Wildman–Crippen LogP) is 2.31. The average molecular weight is 513 g/mol. The van der Waals surface area contributed by atoms with E-state index in [9.17, 15) is 30.0 Å². The number of rotatable bonds is 13. The molecule has 2 unspecified atom stereocenters. The van der Waals surface area contributed by atoms with Crippen molar-refractivity contribution in [2.45, 2.75) is 12.2 Å². The minimum absolute atomic E-state index is 0.0612. The van der Waals surface area contributed by atoms with Gasteiger partial charge in [-0.15, -0.1) is 0 Å². The fourth-order valence-electron chi connectivity index (χ4n) is 3.21. The monoisotopic (exact) mass is 512 g/mol. The van der Waals surface area contributed by atoms with Gasteiger partial charge >= 0.3 is 5.97 Å². The van der Waals surface area contributed by atoms with Crippen LogP contribution in [0.1, 0.15) is 26.3 Å². The van der Waals surface area contributed by atoms with Gasteiger partial charge in [-0.05, 0) is 60.7 Å². The summed E-state index contributed by atoms with van der Waals surface area (Å²) >= 11 is 0. The zero-order chi connectivity index (χ0) is 26.8. The summed E-state index contributed by atoms with van der Waals surface area (Å²) in [6, 6.07) is 16.2. The molecule has 10 nitrogen and oxygen atoms in total. The number of carbonyl (C=O) groups excluding carboxylic acids is 2. The van der Waals surface area contributed by atoms with Gasteiger partial charge in [0.25, 0.3) is 0 Å². The van der Waals surface area contributed by atoms with Gasteiger partial charge in [0.2, 0.25) is 0 Å². The van der Waals surface area contributed by atoms with Gasteiger partial charge in [0.15, 0.2) is 5.78 Å². The van der Waals surface area contributed by atoms with Crippen LogP contribution in [0.5, 0.6) is 23.0 Å². The molecule has 0 bridgehead atoms. The van der Waals surface area contributed by atoms with Gasteiger partial charge in [-0.3, -0.25) is 4.79 Å². The largest absolute Gasteiger partial charge is 0.508 e. The number of esters is 1. The number of ketones is 1. The van der Waals surface area contributed by atoms with Gasteiger partial charge in [-0.1, -0.05) is 0 Å². The summed E-state index contributed by atoms with van der Waals surface area (Å²) in [6.45, 7) is -0.305. The van der Waals surface area contributed by atoms with Crippen LogP contribution in [-0.4, -0.2) is 77.9 Å². The van der Waals surface area contributed by atoms with E-state index in [0.717, 1.165) is 18.2 Å². The topological polar surface area (TPSA) is 152 Å². The molecule has 0 aliphatic rings. The summed E-state index contributed by atoms with van der Waals surface area (Å²) in [5.74, 6) is -0.701. The van der Waals surface area contributed by atoms with Crippen LogP contribution in [0.4, 0.5) is 0 Å². The van der Waals surface area contributed by atoms with Crippen molar-refractivity contribution >= 4 is 11.8 Å². The maximum atomic E-state index is 12.7. The highest BCUT2D eigenvalue weighted by Crippen LogP contribution is 2.21. The van der Waals surface area contributed by atoms with E-state index in [2.05, 4.69) is 0 Å². The molecule has 4 N–H and O–H groups in total. The molecule has 10 heteroatoms. The van der Waals surface area contributed by atoms with E-state index in [1.54, 1.807) is 48.5 Å². The number of phenolic OH excluding ortho intramolecular Hbond substituents is 2. The van der Waals surface area contributed by atoms with Gasteiger partial charge in [-0.25, -0.2) is 4.79 Å². The molecule has 37 heavy (non-hydrogen) atoms. The molecule has 0 radical (unpaired) electrons. The Labute approximate surface area is 213 Å². The third kappa shape index (κ3) is 8.50. The molecule has 0 aliphatic heterocycles. The maximum Gasteiger partial charge on any atom is 0.338 e. The number of benzene rings is 3. The lowest BCUT2D eigenvalue weighted by atomic mass is 10.0. The Morgan fingerprint density at radius 3 is 1.59 bits per heavy atom. The lowest BCUT2D eigenvalue weighted by Gasteiger charge is -2.13. The molecule has 0 heterocycles. The fourth-order valence-corrected chi connectivity index (χ4v) is 3.21. The Bertz CT molecular complexity index is 1150. The van der Waals surface area contributed by atoms with Crippen molar-refractivity contribution in [3.8, 4) is 23.0 Å². The first-order chi connectivity index (χ1) is 17.7. The van der Waals surface area contributed by atoms with Gasteiger partial charge < -0.3 is 39.4 Å². The lowest BCUT2D eigenvalue weighted by Crippen LogP contribution is -2.25. The second kappa shape index (κ2) is 13.3. The highest BCUT2D eigenvalue weighted by Gasteiger charge is 2.14. The number of hydrogen-bond donors (Lipinski definition) is 4. The summed E-state index contributed by atoms with van der Waals surface area (Å²) in [5.41, 5.74) is 0.824. The zero-order valence-corrected chi connectivity index (χ0v) is 20.1. The molecule has 3 aromatic rings. The Hall–Kier alpha value is -4.12. The Morgan fingerprint density at radius 1 is 0.676 bits per heavy atom. The van der Waals surface area contributed by atoms with E-state index < -0.39 is 18.2 Å². The number of ether oxygens (including phenoxy) is 4. The summed E-state index contributed by atoms with van der Waals surface area (Å²) < 4.78 is 20.8. The van der Waals surface area contributed by atoms with Crippen molar-refractivity contribution in [2.75, 3.05) is 33.5 Å². The van der Waals surface area contributed by atoms with Crippen LogP contribution < -0.4 is 9.47 Å². The van der Waals surface area contributed by atoms with Crippen molar-refractivity contribution in [1.82, 2.24) is 0 Å². The van der Waals surface area contributed by atoms with Crippen LogP contribution in [-0.2, 0) is 9.47 Å². The number of carbonyl (C=O) groups is 2. The summed E-state index contributed by atoms with van der Waals surface area (Å²) in [7, 11) is 1.49. The number of hydrogen-bond acceptors (Lipinski definition) is 10. The SMILES string of the molecule is COCC(O)COc1ccc(C(=O)c2ccc(OCC(O)COC(=O)c3cc(O)cc(O)c3)cc2)cc1. The lowest BCUT2D eigenvalue weighted by molar-refractivity contribution is 0.0130. The van der Waals surface area contributed by atoms with Crippen LogP contribution >= 0.6 is 0 Å². The molecule has 0 saturated carbocycles. The molecular weight excluding hydrogens is 484 g/mol. The molecule has 0 saturated heterocycles. The van der Waals surface area contributed by atoms with Gasteiger partial charge in [0, 0.05) is 24.3 Å². The van der Waals surface area contributed by atoms with Crippen molar-refractivity contribution in [3.63, 3.8) is 0 Å². The maximum absolute atomic E-state index is 12.7. The molecule has 0 amide bonds. The minimum Gasteiger partial charge on any atom is -0.508 e. The van der Waals surface area contributed by atoms with Gasteiger partial charge in [0.05, 0.1) is 12.2 Å². The van der Waals surface area contributed by atoms with Gasteiger partial charge in [0.1, 0.15) is 55.0 Å². The van der Waals surface area contributed by atoms with E-state index in [0.29, 0.717) is 22.6 Å². The third-order valence-corrected chi connectivity index (χ3v) is 5.02. The minimum atomic E-state index is -1.13. The number of methoxy groups -OCH3 is 1. The van der Waals surface area contributed by atoms with Crippen molar-refractivity contribution in [1.29, 1.82) is 0 Å². The summed E-state index contributed by atoms with van der Waals surface area (Å²) in [6.07, 6.45) is -1.88. The second-order valence-corrected chi connectivity index (χ2v) is 8.10. The van der Waals surface area contributed by atoms with Gasteiger partial charge in [-0.2, -0.15) is 0 Å². The van der Waals surface area contributed by atoms with Crippen molar-refractivity contribution in [2.24, 2.45) is 0 Å². The standard InChI is InChI=1S/C27H28O10/c1-34-13-22(30)14-35-24-6-2-17(3-7-24)26(32)18-4-8-25(9-5-18)36-15-23(31)16-37-27(33)19-10-20(28)12-21(29)11-19/h2-12,22-23,28-31H,13-16H2,1H3. The Morgan fingerprint density at radius 2 is 1.14 bits per heavy atom. The molecule has 0 aromatic heterocycles. The van der Waals surface area contributed by atoms with Crippen molar-refractivity contribution in [3.05, 3.63) is 83.4 Å². The van der Waals surface area contributed by atoms with Crippen LogP contribution in [0.15, 0.2) is 66.7 Å². The van der Waals surface area contributed by atoms with E-state index >= 15 is 0 Å². The molecule has 3 aromatic carbocycles. The highest BCUT2D eigenvalue weighted by molar-refractivity contribution is 6.09. The third-order valence-electron chi connectivity index (χ3n) is 5.02. The molecular formula is C27H28O10. The molecule has 0 spiro atoms. The summed E-state index contributed by atoms with van der Waals surface area (Å²) in [4.78, 5) is 24.7. The predicted molar refractivity (Wildman–Crippen MR) is 131 cm³/mol. The smallest absolute Gasteiger partial charge is 0.338 e. The van der Waals surface area contributed by atoms with Crippen LogP contribution in [0.3, 0.4) is 0 Å². The van der Waals surface area contributed by atoms with Crippen LogP contribution in [0.25, 0.3) is 0 Å². The first-order valence-electron chi connectivity index (χ1n) is 11.3. The second-order valence-electron chi connectivity index (χ2n) is 8.10. The number of aliphatic hydroxyl groups is 2. The highest BCUT2D eigenvalue weighted by atomic mass is 16.5. The number of aliphatic hydroxyl groups excluding tert-OH is 2. The van der Waals surface area contributed by atoms with E-state index in [4.69, 9.17) is 18.9 Å². The summed E-state index contributed by atoms with van der Waals surface area (Å²) in [5, 5.41) is 38.6. The average Bonchev–Trinajstić information content (AvgIpc) is 2.89. The number of phenols is 2. The first-order valence-corrected chi connectivity index (χ1v) is 11.3. The number of aromatic hydroxyl groups is 2. The van der Waals surface area contributed by atoms with E-state index in [1.165, 1.54) is 7.11 Å². The van der Waals surface area contributed by atoms with Crippen LogP contribution in [0, 0.1) is 0 Å². The zero-order valence-electron chi connectivity index (χ0n) is 20.1. The van der Waals surface area contributed by atoms with E-state index in [-0.39, 0.29) is 49.3 Å². The van der Waals surface area contributed by atoms with Crippen LogP contribution in [0.2, 0.25) is 0 Å². The molecule has 196 valence electrons. The molecule has 2 atom stereocenters. The molecule has 0 fully saturated rings. The van der Waals surface area contributed by atoms with Crippen molar-refractivity contribution < 1.29 is 49.0 Å². The fraction of sp³-hybridized carbons (Fsp3) is 0.259. The molecule has 0 aliphatic carbocycles.